The van der Waals surface area contributed by atoms with E-state index in [2.05, 4.69) is 31.8 Å². The molecule has 8 nitrogen and oxygen atoms in total. The highest BCUT2D eigenvalue weighted by molar-refractivity contribution is 7.20. The number of fused-ring (bicyclic) bond motifs is 1. The molecule has 0 spiro atoms. The molecule has 0 atom stereocenters. The summed E-state index contributed by atoms with van der Waals surface area (Å²) < 4.78 is 1.64. The SMILES string of the molecule is CNC(=O)c1sc2ncccc2c1C1CCC(CNC(=O)Cn2nc(C)nc2C)CC1. The first-order valence-electron chi connectivity index (χ1n) is 10.7. The first-order chi connectivity index (χ1) is 15.0. The molecule has 0 radical (unpaired) electrons. The number of rotatable bonds is 6. The second-order valence-corrected chi connectivity index (χ2v) is 9.16. The molecule has 0 saturated heterocycles. The van der Waals surface area contributed by atoms with Crippen LogP contribution in [0.25, 0.3) is 10.2 Å². The Balaban J connectivity index is 1.36. The van der Waals surface area contributed by atoms with E-state index in [1.54, 1.807) is 17.9 Å². The van der Waals surface area contributed by atoms with Crippen LogP contribution in [0.2, 0.25) is 0 Å². The van der Waals surface area contributed by atoms with E-state index in [1.807, 2.05) is 19.9 Å². The van der Waals surface area contributed by atoms with E-state index in [0.29, 0.717) is 24.2 Å². The van der Waals surface area contributed by atoms with Crippen molar-refractivity contribution in [3.63, 3.8) is 0 Å². The maximum Gasteiger partial charge on any atom is 0.261 e. The zero-order valence-corrected chi connectivity index (χ0v) is 19.0. The summed E-state index contributed by atoms with van der Waals surface area (Å²) in [6, 6.07) is 4.01. The minimum absolute atomic E-state index is 0.0353. The molecule has 0 aromatic carbocycles. The fourth-order valence-electron chi connectivity index (χ4n) is 4.46. The lowest BCUT2D eigenvalue weighted by molar-refractivity contribution is -0.122. The van der Waals surface area contributed by atoms with Crippen LogP contribution < -0.4 is 10.6 Å². The Morgan fingerprint density at radius 3 is 2.68 bits per heavy atom. The van der Waals surface area contributed by atoms with E-state index < -0.39 is 0 Å². The molecule has 2 N–H and O–H groups in total. The van der Waals surface area contributed by atoms with Crippen molar-refractivity contribution < 1.29 is 9.59 Å². The standard InChI is InChI=1S/C22H28N6O2S/c1-13-26-14(2)28(27-13)12-18(29)25-11-15-6-8-16(9-7-15)19-17-5-4-10-24-22(17)31-20(19)21(30)23-3/h4-5,10,15-16H,6-9,11-12H2,1-3H3,(H,23,30)(H,25,29). The maximum atomic E-state index is 12.5. The molecule has 164 valence electrons. The van der Waals surface area contributed by atoms with Gasteiger partial charge in [-0.15, -0.1) is 11.3 Å². The van der Waals surface area contributed by atoms with Gasteiger partial charge < -0.3 is 10.6 Å². The Morgan fingerprint density at radius 1 is 1.23 bits per heavy atom. The van der Waals surface area contributed by atoms with Crippen molar-refractivity contribution in [1.29, 1.82) is 0 Å². The van der Waals surface area contributed by atoms with Gasteiger partial charge in [-0.25, -0.2) is 14.6 Å². The van der Waals surface area contributed by atoms with Crippen LogP contribution in [0.5, 0.6) is 0 Å². The van der Waals surface area contributed by atoms with Crippen LogP contribution in [0.1, 0.15) is 58.5 Å². The monoisotopic (exact) mass is 440 g/mol. The summed E-state index contributed by atoms with van der Waals surface area (Å²) in [5, 5.41) is 11.2. The average Bonchev–Trinajstić information content (AvgIpc) is 3.31. The lowest BCUT2D eigenvalue weighted by atomic mass is 9.78. The molecule has 31 heavy (non-hydrogen) atoms. The van der Waals surface area contributed by atoms with Crippen LogP contribution in [-0.2, 0) is 11.3 Å². The quantitative estimate of drug-likeness (QED) is 0.614. The fourth-order valence-corrected chi connectivity index (χ4v) is 5.63. The molecule has 9 heteroatoms. The molecular formula is C22H28N6O2S. The molecule has 0 bridgehead atoms. The third-order valence-electron chi connectivity index (χ3n) is 6.04. The predicted octanol–water partition coefficient (Wildman–Crippen LogP) is 2.95. The molecule has 1 aliphatic rings. The first kappa shape index (κ1) is 21.4. The van der Waals surface area contributed by atoms with Crippen LogP contribution in [0, 0.1) is 19.8 Å². The number of nitrogens with one attached hydrogen (secondary N) is 2. The number of nitrogens with zero attached hydrogens (tertiary/aromatic N) is 4. The molecule has 3 heterocycles. The highest BCUT2D eigenvalue weighted by Crippen LogP contribution is 2.43. The number of carbonyl (C=O) groups is 2. The summed E-state index contributed by atoms with van der Waals surface area (Å²) in [6.45, 7) is 4.55. The minimum Gasteiger partial charge on any atom is -0.354 e. The van der Waals surface area contributed by atoms with Crippen LogP contribution in [0.15, 0.2) is 18.3 Å². The lowest BCUT2D eigenvalue weighted by Gasteiger charge is -2.29. The summed E-state index contributed by atoms with van der Waals surface area (Å²) in [7, 11) is 1.67. The maximum absolute atomic E-state index is 12.5. The molecule has 3 aromatic heterocycles. The zero-order chi connectivity index (χ0) is 22.0. The largest absolute Gasteiger partial charge is 0.354 e. The summed E-state index contributed by atoms with van der Waals surface area (Å²) in [5.74, 6) is 2.15. The van der Waals surface area contributed by atoms with E-state index in [0.717, 1.165) is 52.2 Å². The van der Waals surface area contributed by atoms with E-state index in [-0.39, 0.29) is 18.4 Å². The molecule has 1 fully saturated rings. The number of aromatic nitrogens is 4. The van der Waals surface area contributed by atoms with Gasteiger partial charge in [0.1, 0.15) is 23.0 Å². The van der Waals surface area contributed by atoms with Gasteiger partial charge >= 0.3 is 0 Å². The number of pyridine rings is 1. The smallest absolute Gasteiger partial charge is 0.261 e. The van der Waals surface area contributed by atoms with Gasteiger partial charge in [0, 0.05) is 25.2 Å². The molecule has 2 amide bonds. The van der Waals surface area contributed by atoms with Gasteiger partial charge in [-0.3, -0.25) is 9.59 Å². The van der Waals surface area contributed by atoms with Crippen LogP contribution >= 0.6 is 11.3 Å². The van der Waals surface area contributed by atoms with Crippen LogP contribution in [-0.4, -0.2) is 45.2 Å². The molecule has 1 aliphatic carbocycles. The number of carbonyl (C=O) groups excluding carboxylic acids is 2. The Bertz CT molecular complexity index is 1100. The van der Waals surface area contributed by atoms with E-state index in [9.17, 15) is 9.59 Å². The number of hydrogen-bond donors (Lipinski definition) is 2. The highest BCUT2D eigenvalue weighted by Gasteiger charge is 2.29. The Morgan fingerprint density at radius 2 is 2.00 bits per heavy atom. The predicted molar refractivity (Wildman–Crippen MR) is 120 cm³/mol. The van der Waals surface area contributed by atoms with Gasteiger partial charge in [0.05, 0.1) is 4.88 Å². The minimum atomic E-state index is -0.0361. The van der Waals surface area contributed by atoms with E-state index >= 15 is 0 Å². The van der Waals surface area contributed by atoms with E-state index in [1.165, 1.54) is 11.3 Å². The second-order valence-electron chi connectivity index (χ2n) is 8.17. The number of thiophene rings is 1. The summed E-state index contributed by atoms with van der Waals surface area (Å²) >= 11 is 1.48. The molecule has 4 rings (SSSR count). The highest BCUT2D eigenvalue weighted by atomic mass is 32.1. The number of aryl methyl sites for hydroxylation is 2. The van der Waals surface area contributed by atoms with Gasteiger partial charge in [0.25, 0.3) is 5.91 Å². The van der Waals surface area contributed by atoms with Gasteiger partial charge in [-0.05, 0) is 63.0 Å². The zero-order valence-electron chi connectivity index (χ0n) is 18.1. The normalized spacial score (nSPS) is 18.8. The molecule has 1 saturated carbocycles. The Kier molecular flexibility index (Phi) is 6.31. The van der Waals surface area contributed by atoms with Crippen molar-refractivity contribution >= 4 is 33.4 Å². The Labute approximate surface area is 185 Å². The fraction of sp³-hybridized carbons (Fsp3) is 0.500. The third kappa shape index (κ3) is 4.61. The summed E-state index contributed by atoms with van der Waals surface area (Å²) in [5.41, 5.74) is 1.15. The van der Waals surface area contributed by atoms with Gasteiger partial charge in [-0.1, -0.05) is 6.07 Å². The molecule has 0 aliphatic heterocycles. The summed E-state index contributed by atoms with van der Waals surface area (Å²) in [6.07, 6.45) is 5.84. The second kappa shape index (κ2) is 9.13. The van der Waals surface area contributed by atoms with Crippen molar-refractivity contribution in [3.8, 4) is 0 Å². The van der Waals surface area contributed by atoms with Crippen molar-refractivity contribution in [1.82, 2.24) is 30.4 Å². The summed E-state index contributed by atoms with van der Waals surface area (Å²) in [4.78, 5) is 35.2. The lowest BCUT2D eigenvalue weighted by Crippen LogP contribution is -2.34. The van der Waals surface area contributed by atoms with Crippen molar-refractivity contribution in [2.45, 2.75) is 52.0 Å². The number of amides is 2. The van der Waals surface area contributed by atoms with E-state index in [4.69, 9.17) is 0 Å². The molecule has 3 aromatic rings. The molecular weight excluding hydrogens is 412 g/mol. The van der Waals surface area contributed by atoms with Crippen molar-refractivity contribution in [2.75, 3.05) is 13.6 Å². The number of hydrogen-bond acceptors (Lipinski definition) is 6. The van der Waals surface area contributed by atoms with Gasteiger partial charge in [0.2, 0.25) is 5.91 Å². The molecule has 0 unspecified atom stereocenters. The van der Waals surface area contributed by atoms with Gasteiger partial charge in [-0.2, -0.15) is 5.10 Å². The first-order valence-corrected chi connectivity index (χ1v) is 11.5. The third-order valence-corrected chi connectivity index (χ3v) is 7.16. The van der Waals surface area contributed by atoms with Gasteiger partial charge in [0.15, 0.2) is 0 Å². The van der Waals surface area contributed by atoms with Crippen LogP contribution in [0.3, 0.4) is 0 Å². The average molecular weight is 441 g/mol. The van der Waals surface area contributed by atoms with Crippen molar-refractivity contribution in [3.05, 3.63) is 40.4 Å². The topological polar surface area (TPSA) is 102 Å². The van der Waals surface area contributed by atoms with Crippen molar-refractivity contribution in [2.24, 2.45) is 5.92 Å². The van der Waals surface area contributed by atoms with Crippen LogP contribution in [0.4, 0.5) is 0 Å². The Hall–Kier alpha value is -2.81.